The first-order chi connectivity index (χ1) is 12.6. The summed E-state index contributed by atoms with van der Waals surface area (Å²) in [5.41, 5.74) is 0.945. The van der Waals surface area contributed by atoms with Crippen LogP contribution in [0.15, 0.2) is 30.3 Å². The van der Waals surface area contributed by atoms with E-state index in [1.165, 1.54) is 19.3 Å². The van der Waals surface area contributed by atoms with Crippen molar-refractivity contribution in [3.8, 4) is 0 Å². The molecule has 1 N–H and O–H groups in total. The molecule has 0 heterocycles. The Morgan fingerprint density at radius 2 is 1.62 bits per heavy atom. The van der Waals surface area contributed by atoms with Crippen LogP contribution < -0.4 is 5.32 Å². The average Bonchev–Trinajstić information content (AvgIpc) is 2.63. The Morgan fingerprint density at radius 1 is 1.04 bits per heavy atom. The van der Waals surface area contributed by atoms with Gasteiger partial charge < -0.3 is 10.2 Å². The molecule has 0 saturated heterocycles. The molecule has 140 valence electrons. The highest BCUT2D eigenvalue weighted by atomic mass is 16.2. The van der Waals surface area contributed by atoms with Gasteiger partial charge >= 0.3 is 0 Å². The second-order valence-corrected chi connectivity index (χ2v) is 8.77. The molecule has 2 amide bonds. The number of hydrogen-bond acceptors (Lipinski definition) is 2. The Balaban J connectivity index is 1.34. The first kappa shape index (κ1) is 17.6. The number of amides is 2. The largest absolute Gasteiger partial charge is 0.347 e. The minimum absolute atomic E-state index is 0.00873. The Bertz CT molecular complexity index is 635. The number of carbonyl (C=O) groups is 2. The third kappa shape index (κ3) is 3.38. The van der Waals surface area contributed by atoms with Crippen molar-refractivity contribution in [2.75, 3.05) is 13.1 Å². The van der Waals surface area contributed by atoms with Crippen LogP contribution >= 0.6 is 0 Å². The van der Waals surface area contributed by atoms with E-state index in [2.05, 4.69) is 5.32 Å². The van der Waals surface area contributed by atoms with Crippen LogP contribution in [0.1, 0.15) is 51.0 Å². The molecule has 0 atom stereocenters. The standard InChI is InChI=1S/C22H30N2O2/c1-2-24(15-16-6-4-3-5-7-16)20(25)14-23-21(26)22-11-17-8-18(12-22)10-19(9-17)13-22/h3-7,17-19H,2,8-15H2,1H3,(H,23,26). The van der Waals surface area contributed by atoms with E-state index in [1.807, 2.05) is 42.2 Å². The molecule has 1 aromatic carbocycles. The maximum atomic E-state index is 13.0. The molecule has 4 aliphatic carbocycles. The summed E-state index contributed by atoms with van der Waals surface area (Å²) in [5, 5.41) is 3.01. The monoisotopic (exact) mass is 354 g/mol. The van der Waals surface area contributed by atoms with Gasteiger partial charge in [-0.1, -0.05) is 30.3 Å². The lowest BCUT2D eigenvalue weighted by molar-refractivity contribution is -0.148. The number of likely N-dealkylation sites (N-methyl/N-ethyl adjacent to an activating group) is 1. The first-order valence-corrected chi connectivity index (χ1v) is 10.2. The zero-order valence-corrected chi connectivity index (χ0v) is 15.7. The van der Waals surface area contributed by atoms with Gasteiger partial charge in [0.25, 0.3) is 0 Å². The van der Waals surface area contributed by atoms with Gasteiger partial charge in [0.1, 0.15) is 0 Å². The SMILES string of the molecule is CCN(Cc1ccccc1)C(=O)CNC(=O)C12CC3CC(CC(C3)C1)C2. The summed E-state index contributed by atoms with van der Waals surface area (Å²) < 4.78 is 0. The third-order valence-corrected chi connectivity index (χ3v) is 6.87. The lowest BCUT2D eigenvalue weighted by atomic mass is 9.49. The van der Waals surface area contributed by atoms with Crippen LogP contribution in [0.25, 0.3) is 0 Å². The van der Waals surface area contributed by atoms with Crippen molar-refractivity contribution in [3.63, 3.8) is 0 Å². The van der Waals surface area contributed by atoms with Crippen molar-refractivity contribution in [2.24, 2.45) is 23.2 Å². The fraction of sp³-hybridized carbons (Fsp3) is 0.636. The van der Waals surface area contributed by atoms with E-state index in [-0.39, 0.29) is 23.8 Å². The highest BCUT2D eigenvalue weighted by molar-refractivity contribution is 5.88. The minimum atomic E-state index is -0.175. The zero-order chi connectivity index (χ0) is 18.1. The average molecular weight is 354 g/mol. The van der Waals surface area contributed by atoms with E-state index in [9.17, 15) is 9.59 Å². The van der Waals surface area contributed by atoms with Crippen molar-refractivity contribution >= 4 is 11.8 Å². The number of hydrogen-bond donors (Lipinski definition) is 1. The van der Waals surface area contributed by atoms with Crippen molar-refractivity contribution in [1.29, 1.82) is 0 Å². The molecule has 26 heavy (non-hydrogen) atoms. The quantitative estimate of drug-likeness (QED) is 0.851. The Hall–Kier alpha value is -1.84. The van der Waals surface area contributed by atoms with Crippen molar-refractivity contribution in [3.05, 3.63) is 35.9 Å². The summed E-state index contributed by atoms with van der Waals surface area (Å²) in [6.07, 6.45) is 7.10. The summed E-state index contributed by atoms with van der Waals surface area (Å²) in [6.45, 7) is 3.37. The fourth-order valence-electron chi connectivity index (χ4n) is 6.02. The maximum Gasteiger partial charge on any atom is 0.242 e. The Labute approximate surface area is 156 Å². The van der Waals surface area contributed by atoms with Crippen molar-refractivity contribution in [2.45, 2.75) is 52.0 Å². The lowest BCUT2D eigenvalue weighted by Gasteiger charge is -2.55. The van der Waals surface area contributed by atoms with Crippen LogP contribution in [0.3, 0.4) is 0 Å². The van der Waals surface area contributed by atoms with Gasteiger partial charge in [-0.25, -0.2) is 0 Å². The molecule has 4 saturated carbocycles. The predicted octanol–water partition coefficient (Wildman–Crippen LogP) is 3.37. The summed E-state index contributed by atoms with van der Waals surface area (Å²) >= 11 is 0. The molecule has 4 fully saturated rings. The molecule has 5 rings (SSSR count). The Kier molecular flexibility index (Phi) is 4.76. The fourth-order valence-corrected chi connectivity index (χ4v) is 6.02. The van der Waals surface area contributed by atoms with E-state index in [1.54, 1.807) is 0 Å². The molecule has 1 aromatic rings. The highest BCUT2D eigenvalue weighted by Crippen LogP contribution is 2.60. The molecule has 0 aromatic heterocycles. The summed E-state index contributed by atoms with van der Waals surface area (Å²) in [6, 6.07) is 10.0. The molecule has 0 aliphatic heterocycles. The number of rotatable bonds is 6. The number of carbonyl (C=O) groups excluding carboxylic acids is 2. The van der Waals surface area contributed by atoms with Gasteiger partial charge in [0.2, 0.25) is 11.8 Å². The minimum Gasteiger partial charge on any atom is -0.347 e. The van der Waals surface area contributed by atoms with Crippen LogP contribution in [-0.4, -0.2) is 29.8 Å². The van der Waals surface area contributed by atoms with Crippen molar-refractivity contribution < 1.29 is 9.59 Å². The van der Waals surface area contributed by atoms with Gasteiger partial charge in [-0.2, -0.15) is 0 Å². The molecule has 4 nitrogen and oxygen atoms in total. The molecule has 0 unspecified atom stereocenters. The Morgan fingerprint density at radius 3 is 2.15 bits per heavy atom. The van der Waals surface area contributed by atoms with E-state index >= 15 is 0 Å². The zero-order valence-electron chi connectivity index (χ0n) is 15.7. The lowest BCUT2D eigenvalue weighted by Crippen LogP contribution is -2.54. The predicted molar refractivity (Wildman–Crippen MR) is 101 cm³/mol. The molecular formula is C22H30N2O2. The topological polar surface area (TPSA) is 49.4 Å². The van der Waals surface area contributed by atoms with Crippen LogP contribution in [0.4, 0.5) is 0 Å². The molecule has 4 heteroatoms. The van der Waals surface area contributed by atoms with Gasteiger partial charge in [-0.05, 0) is 68.8 Å². The molecular weight excluding hydrogens is 324 g/mol. The summed E-state index contributed by atoms with van der Waals surface area (Å²) in [4.78, 5) is 27.4. The van der Waals surface area contributed by atoms with Crippen LogP contribution in [0, 0.1) is 23.2 Å². The van der Waals surface area contributed by atoms with Crippen LogP contribution in [0.5, 0.6) is 0 Å². The number of nitrogens with zero attached hydrogens (tertiary/aromatic N) is 1. The van der Waals surface area contributed by atoms with Gasteiger partial charge in [0.05, 0.1) is 6.54 Å². The number of benzene rings is 1. The van der Waals surface area contributed by atoms with Crippen LogP contribution in [-0.2, 0) is 16.1 Å². The summed E-state index contributed by atoms with van der Waals surface area (Å²) in [7, 11) is 0. The maximum absolute atomic E-state index is 13.0. The molecule has 0 spiro atoms. The van der Waals surface area contributed by atoms with Crippen molar-refractivity contribution in [1.82, 2.24) is 10.2 Å². The van der Waals surface area contributed by atoms with E-state index in [0.29, 0.717) is 13.1 Å². The normalized spacial score (nSPS) is 31.7. The van der Waals surface area contributed by atoms with Crippen LogP contribution in [0.2, 0.25) is 0 Å². The van der Waals surface area contributed by atoms with Gasteiger partial charge in [0.15, 0.2) is 0 Å². The molecule has 0 radical (unpaired) electrons. The number of nitrogens with one attached hydrogen (secondary N) is 1. The first-order valence-electron chi connectivity index (χ1n) is 10.2. The smallest absolute Gasteiger partial charge is 0.242 e. The second-order valence-electron chi connectivity index (χ2n) is 8.77. The van der Waals surface area contributed by atoms with E-state index in [4.69, 9.17) is 0 Å². The van der Waals surface area contributed by atoms with Gasteiger partial charge in [0, 0.05) is 18.5 Å². The van der Waals surface area contributed by atoms with E-state index < -0.39 is 0 Å². The molecule has 4 aliphatic rings. The third-order valence-electron chi connectivity index (χ3n) is 6.87. The van der Waals surface area contributed by atoms with Gasteiger partial charge in [-0.15, -0.1) is 0 Å². The second kappa shape index (κ2) is 7.05. The van der Waals surface area contributed by atoms with Gasteiger partial charge in [-0.3, -0.25) is 9.59 Å². The highest BCUT2D eigenvalue weighted by Gasteiger charge is 2.54. The summed E-state index contributed by atoms with van der Waals surface area (Å²) in [5.74, 6) is 2.38. The van der Waals surface area contributed by atoms with E-state index in [0.717, 1.165) is 42.6 Å². The molecule has 4 bridgehead atoms.